The normalized spacial score (nSPS) is 15.5. The molecular formula is C22H22N2O4. The van der Waals surface area contributed by atoms with E-state index in [0.717, 1.165) is 24.8 Å². The van der Waals surface area contributed by atoms with Crippen LogP contribution in [0, 0.1) is 0 Å². The van der Waals surface area contributed by atoms with Crippen molar-refractivity contribution in [2.45, 2.75) is 26.2 Å². The Morgan fingerprint density at radius 1 is 0.964 bits per heavy atom. The van der Waals surface area contributed by atoms with Gasteiger partial charge in [-0.15, -0.1) is 0 Å². The summed E-state index contributed by atoms with van der Waals surface area (Å²) in [5.74, 6) is 0.731. The second-order valence-corrected chi connectivity index (χ2v) is 6.78. The van der Waals surface area contributed by atoms with Gasteiger partial charge < -0.3 is 14.8 Å². The van der Waals surface area contributed by atoms with E-state index in [1.54, 1.807) is 18.2 Å². The smallest absolute Gasteiger partial charge is 0.278 e. The first kappa shape index (κ1) is 18.1. The molecule has 2 aliphatic rings. The van der Waals surface area contributed by atoms with Gasteiger partial charge in [0.1, 0.15) is 5.70 Å². The topological polar surface area (TPSA) is 67.9 Å². The zero-order valence-corrected chi connectivity index (χ0v) is 15.7. The lowest BCUT2D eigenvalue weighted by atomic mass is 10.0. The van der Waals surface area contributed by atoms with Crippen molar-refractivity contribution < 1.29 is 19.1 Å². The molecule has 2 aromatic carbocycles. The lowest BCUT2D eigenvalue weighted by Crippen LogP contribution is -2.33. The van der Waals surface area contributed by atoms with E-state index in [1.165, 1.54) is 4.90 Å². The van der Waals surface area contributed by atoms with Crippen molar-refractivity contribution in [3.8, 4) is 11.5 Å². The maximum Gasteiger partial charge on any atom is 0.278 e. The van der Waals surface area contributed by atoms with Gasteiger partial charge in [0.25, 0.3) is 11.8 Å². The van der Waals surface area contributed by atoms with E-state index < -0.39 is 0 Å². The number of anilines is 1. The average molecular weight is 378 g/mol. The van der Waals surface area contributed by atoms with E-state index in [-0.39, 0.29) is 18.6 Å². The van der Waals surface area contributed by atoms with E-state index in [1.807, 2.05) is 30.3 Å². The van der Waals surface area contributed by atoms with Crippen LogP contribution in [0.1, 0.15) is 31.7 Å². The van der Waals surface area contributed by atoms with Crippen molar-refractivity contribution in [1.29, 1.82) is 0 Å². The van der Waals surface area contributed by atoms with E-state index in [0.29, 0.717) is 35.0 Å². The maximum atomic E-state index is 13.1. The minimum absolute atomic E-state index is 0.180. The standard InChI is InChI=1S/C22H22N2O4/c1-2-3-7-12-24-21(25)19(15-8-5-4-6-9-15)20(22(24)26)23-16-10-11-17-18(13-16)28-14-27-17/h4-6,8-11,13,23H,2-3,7,12,14H2,1H3. The lowest BCUT2D eigenvalue weighted by molar-refractivity contribution is -0.136. The molecule has 0 aromatic heterocycles. The van der Waals surface area contributed by atoms with Gasteiger partial charge >= 0.3 is 0 Å². The molecule has 2 heterocycles. The van der Waals surface area contributed by atoms with Gasteiger partial charge in [-0.3, -0.25) is 14.5 Å². The third-order valence-electron chi connectivity index (χ3n) is 4.86. The number of rotatable bonds is 7. The number of imide groups is 1. The summed E-state index contributed by atoms with van der Waals surface area (Å²) in [5.41, 5.74) is 2.10. The van der Waals surface area contributed by atoms with Gasteiger partial charge in [0.15, 0.2) is 11.5 Å². The Labute approximate surface area is 163 Å². The molecule has 0 atom stereocenters. The van der Waals surface area contributed by atoms with Gasteiger partial charge in [0.05, 0.1) is 5.57 Å². The van der Waals surface area contributed by atoms with Gasteiger partial charge in [-0.05, 0) is 24.1 Å². The van der Waals surface area contributed by atoms with Crippen molar-refractivity contribution >= 4 is 23.1 Å². The molecule has 0 bridgehead atoms. The van der Waals surface area contributed by atoms with E-state index in [2.05, 4.69) is 12.2 Å². The number of carbonyl (C=O) groups is 2. The van der Waals surface area contributed by atoms with Crippen molar-refractivity contribution in [3.05, 3.63) is 59.8 Å². The Morgan fingerprint density at radius 2 is 1.75 bits per heavy atom. The van der Waals surface area contributed by atoms with Crippen LogP contribution in [0.5, 0.6) is 11.5 Å². The molecule has 6 nitrogen and oxygen atoms in total. The molecule has 0 saturated heterocycles. The zero-order chi connectivity index (χ0) is 19.5. The molecule has 0 radical (unpaired) electrons. The van der Waals surface area contributed by atoms with E-state index in [9.17, 15) is 9.59 Å². The minimum Gasteiger partial charge on any atom is -0.454 e. The number of unbranched alkanes of at least 4 members (excludes halogenated alkanes) is 2. The van der Waals surface area contributed by atoms with Crippen LogP contribution in [0.4, 0.5) is 5.69 Å². The molecule has 0 saturated carbocycles. The average Bonchev–Trinajstić information content (AvgIpc) is 3.27. The third-order valence-corrected chi connectivity index (χ3v) is 4.86. The van der Waals surface area contributed by atoms with Gasteiger partial charge in [-0.2, -0.15) is 0 Å². The highest BCUT2D eigenvalue weighted by Crippen LogP contribution is 2.36. The number of ether oxygens (including phenoxy) is 2. The number of carbonyl (C=O) groups excluding carboxylic acids is 2. The summed E-state index contributed by atoms with van der Waals surface area (Å²) in [6, 6.07) is 14.7. The molecule has 2 amide bonds. The summed E-state index contributed by atoms with van der Waals surface area (Å²) in [5, 5.41) is 3.15. The Balaban J connectivity index is 1.68. The quantitative estimate of drug-likeness (QED) is 0.586. The van der Waals surface area contributed by atoms with Crippen LogP contribution in [-0.4, -0.2) is 30.1 Å². The monoisotopic (exact) mass is 378 g/mol. The lowest BCUT2D eigenvalue weighted by Gasteiger charge is -2.15. The van der Waals surface area contributed by atoms with Gasteiger partial charge in [0.2, 0.25) is 6.79 Å². The van der Waals surface area contributed by atoms with Gasteiger partial charge in [-0.1, -0.05) is 50.1 Å². The van der Waals surface area contributed by atoms with Crippen LogP contribution < -0.4 is 14.8 Å². The first-order valence-corrected chi connectivity index (χ1v) is 9.51. The molecule has 144 valence electrons. The molecule has 2 aliphatic heterocycles. The Morgan fingerprint density at radius 3 is 2.54 bits per heavy atom. The summed E-state index contributed by atoms with van der Waals surface area (Å²) in [6.45, 7) is 2.70. The molecule has 6 heteroatoms. The number of hydrogen-bond donors (Lipinski definition) is 1. The summed E-state index contributed by atoms with van der Waals surface area (Å²) < 4.78 is 10.7. The predicted octanol–water partition coefficient (Wildman–Crippen LogP) is 3.80. The molecular weight excluding hydrogens is 356 g/mol. The first-order chi connectivity index (χ1) is 13.7. The van der Waals surface area contributed by atoms with E-state index in [4.69, 9.17) is 9.47 Å². The highest BCUT2D eigenvalue weighted by atomic mass is 16.7. The van der Waals surface area contributed by atoms with Crippen molar-refractivity contribution in [2.75, 3.05) is 18.7 Å². The second-order valence-electron chi connectivity index (χ2n) is 6.78. The fraction of sp³-hybridized carbons (Fsp3) is 0.273. The van der Waals surface area contributed by atoms with Crippen LogP contribution >= 0.6 is 0 Å². The van der Waals surface area contributed by atoms with E-state index >= 15 is 0 Å². The summed E-state index contributed by atoms with van der Waals surface area (Å²) >= 11 is 0. The van der Waals surface area contributed by atoms with Crippen LogP contribution in [0.3, 0.4) is 0 Å². The summed E-state index contributed by atoms with van der Waals surface area (Å²) in [6.07, 6.45) is 2.80. The van der Waals surface area contributed by atoms with Crippen LogP contribution in [0.25, 0.3) is 5.57 Å². The van der Waals surface area contributed by atoms with Crippen molar-refractivity contribution in [1.82, 2.24) is 4.90 Å². The van der Waals surface area contributed by atoms with Gasteiger partial charge in [-0.25, -0.2) is 0 Å². The summed E-state index contributed by atoms with van der Waals surface area (Å²) in [4.78, 5) is 27.5. The predicted molar refractivity (Wildman–Crippen MR) is 106 cm³/mol. The fourth-order valence-corrected chi connectivity index (χ4v) is 3.41. The largest absolute Gasteiger partial charge is 0.454 e. The fourth-order valence-electron chi connectivity index (χ4n) is 3.41. The molecule has 1 N–H and O–H groups in total. The Bertz CT molecular complexity index is 937. The van der Waals surface area contributed by atoms with Gasteiger partial charge in [0, 0.05) is 18.3 Å². The zero-order valence-electron chi connectivity index (χ0n) is 15.7. The first-order valence-electron chi connectivity index (χ1n) is 9.51. The molecule has 2 aromatic rings. The number of nitrogens with zero attached hydrogens (tertiary/aromatic N) is 1. The Hall–Kier alpha value is -3.28. The number of benzene rings is 2. The number of fused-ring (bicyclic) bond motifs is 1. The highest BCUT2D eigenvalue weighted by molar-refractivity contribution is 6.36. The van der Waals surface area contributed by atoms with Crippen LogP contribution in [0.15, 0.2) is 54.2 Å². The molecule has 4 rings (SSSR count). The number of nitrogens with one attached hydrogen (secondary N) is 1. The van der Waals surface area contributed by atoms with Crippen molar-refractivity contribution in [2.24, 2.45) is 0 Å². The van der Waals surface area contributed by atoms with Crippen LogP contribution in [-0.2, 0) is 9.59 Å². The minimum atomic E-state index is -0.294. The molecule has 0 unspecified atom stereocenters. The Kier molecular flexibility index (Phi) is 5.02. The molecule has 0 aliphatic carbocycles. The summed E-state index contributed by atoms with van der Waals surface area (Å²) in [7, 11) is 0. The molecule has 28 heavy (non-hydrogen) atoms. The molecule has 0 fully saturated rings. The molecule has 0 spiro atoms. The number of hydrogen-bond acceptors (Lipinski definition) is 5. The van der Waals surface area contributed by atoms with Crippen molar-refractivity contribution in [3.63, 3.8) is 0 Å². The SMILES string of the molecule is CCCCCN1C(=O)C(Nc2ccc3c(c2)OCO3)=C(c2ccccc2)C1=O. The third kappa shape index (κ3) is 3.33. The maximum absolute atomic E-state index is 13.1. The second kappa shape index (κ2) is 7.76. The highest BCUT2D eigenvalue weighted by Gasteiger charge is 2.38. The van der Waals surface area contributed by atoms with Crippen LogP contribution in [0.2, 0.25) is 0 Å². The number of amides is 2.